The van der Waals surface area contributed by atoms with Crippen molar-refractivity contribution in [1.29, 1.82) is 0 Å². The fourth-order valence-corrected chi connectivity index (χ4v) is 4.91. The van der Waals surface area contributed by atoms with E-state index in [-0.39, 0.29) is 43.2 Å². The van der Waals surface area contributed by atoms with Crippen LogP contribution in [-0.2, 0) is 11.2 Å². The number of para-hydroxylation sites is 1. The molecule has 1 unspecified atom stereocenters. The van der Waals surface area contributed by atoms with Crippen LogP contribution in [0.5, 0.6) is 5.75 Å². The van der Waals surface area contributed by atoms with Gasteiger partial charge >= 0.3 is 5.97 Å². The predicted octanol–water partition coefficient (Wildman–Crippen LogP) is 6.54. The largest absolute Gasteiger partial charge is 0.494 e. The molecule has 1 atom stereocenters. The number of halogens is 1. The minimum atomic E-state index is -1.00. The van der Waals surface area contributed by atoms with Crippen LogP contribution in [0.2, 0.25) is 0 Å². The highest BCUT2D eigenvalue weighted by Gasteiger charge is 2.23. The molecule has 2 N–H and O–H groups in total. The summed E-state index contributed by atoms with van der Waals surface area (Å²) in [6.45, 7) is 4.52. The zero-order valence-electron chi connectivity index (χ0n) is 24.3. The van der Waals surface area contributed by atoms with Gasteiger partial charge in [0.05, 0.1) is 19.1 Å². The Kier molecular flexibility index (Phi) is 10.6. The Morgan fingerprint density at radius 1 is 0.837 bits per heavy atom. The third-order valence-corrected chi connectivity index (χ3v) is 7.14. The van der Waals surface area contributed by atoms with E-state index in [1.807, 2.05) is 38.1 Å². The first-order valence-corrected chi connectivity index (χ1v) is 14.2. The Morgan fingerprint density at radius 2 is 1.44 bits per heavy atom. The predicted molar refractivity (Wildman–Crippen MR) is 164 cm³/mol. The molecule has 43 heavy (non-hydrogen) atoms. The molecule has 0 aliphatic rings. The summed E-state index contributed by atoms with van der Waals surface area (Å²) in [7, 11) is 0. The normalized spacial score (nSPS) is 11.4. The van der Waals surface area contributed by atoms with E-state index in [0.29, 0.717) is 35.3 Å². The van der Waals surface area contributed by atoms with E-state index >= 15 is 0 Å². The van der Waals surface area contributed by atoms with E-state index in [2.05, 4.69) is 5.32 Å². The second kappa shape index (κ2) is 14.8. The van der Waals surface area contributed by atoms with Gasteiger partial charge in [-0.3, -0.25) is 14.4 Å². The summed E-state index contributed by atoms with van der Waals surface area (Å²) in [6, 6.07) is 27.2. The van der Waals surface area contributed by atoms with E-state index in [1.165, 1.54) is 17.0 Å². The molecule has 7 nitrogen and oxygen atoms in total. The highest BCUT2D eigenvalue weighted by molar-refractivity contribution is 6.06. The molecule has 0 aliphatic carbocycles. The minimum absolute atomic E-state index is 0.0244. The lowest BCUT2D eigenvalue weighted by Gasteiger charge is -2.24. The van der Waals surface area contributed by atoms with E-state index in [0.717, 1.165) is 16.9 Å². The summed E-state index contributed by atoms with van der Waals surface area (Å²) in [5, 5.41) is 12.4. The van der Waals surface area contributed by atoms with Crippen LogP contribution in [0.4, 0.5) is 4.39 Å². The third kappa shape index (κ3) is 8.07. The maximum Gasteiger partial charge on any atom is 0.305 e. The van der Waals surface area contributed by atoms with Crippen molar-refractivity contribution in [2.24, 2.45) is 0 Å². The molecule has 222 valence electrons. The molecule has 0 aliphatic heterocycles. The van der Waals surface area contributed by atoms with E-state index in [9.17, 15) is 23.9 Å². The van der Waals surface area contributed by atoms with Crippen LogP contribution >= 0.6 is 0 Å². The smallest absolute Gasteiger partial charge is 0.305 e. The van der Waals surface area contributed by atoms with Gasteiger partial charge < -0.3 is 20.1 Å². The van der Waals surface area contributed by atoms with E-state index in [4.69, 9.17) is 4.74 Å². The summed E-state index contributed by atoms with van der Waals surface area (Å²) < 4.78 is 19.1. The van der Waals surface area contributed by atoms with Gasteiger partial charge in [0.25, 0.3) is 11.8 Å². The lowest BCUT2D eigenvalue weighted by Crippen LogP contribution is -2.35. The van der Waals surface area contributed by atoms with Crippen LogP contribution in [0.1, 0.15) is 58.2 Å². The SMILES string of the molecule is CCOc1ccccc1CCN(CCC(=O)O)C(=O)c1ccccc1-c1ccccc1C(=O)NC(C)c1ccc(F)cc1. The van der Waals surface area contributed by atoms with Crippen molar-refractivity contribution in [2.45, 2.75) is 32.7 Å². The number of nitrogens with one attached hydrogen (secondary N) is 1. The first kappa shape index (κ1) is 31.0. The van der Waals surface area contributed by atoms with Crippen molar-refractivity contribution in [2.75, 3.05) is 19.7 Å². The third-order valence-electron chi connectivity index (χ3n) is 7.14. The highest BCUT2D eigenvalue weighted by Crippen LogP contribution is 2.29. The van der Waals surface area contributed by atoms with Gasteiger partial charge in [-0.2, -0.15) is 0 Å². The molecule has 0 fully saturated rings. The molecule has 0 radical (unpaired) electrons. The molecule has 4 aromatic carbocycles. The van der Waals surface area contributed by atoms with Gasteiger partial charge in [0, 0.05) is 24.2 Å². The summed E-state index contributed by atoms with van der Waals surface area (Å²) in [5.41, 5.74) is 3.53. The number of nitrogens with zero attached hydrogens (tertiary/aromatic N) is 1. The summed E-state index contributed by atoms with van der Waals surface area (Å²) >= 11 is 0. The molecule has 0 aromatic heterocycles. The zero-order chi connectivity index (χ0) is 30.8. The fourth-order valence-electron chi connectivity index (χ4n) is 4.91. The second-order valence-corrected chi connectivity index (χ2v) is 10.1. The number of carboxylic acid groups (broad SMARTS) is 1. The van der Waals surface area contributed by atoms with E-state index in [1.54, 1.807) is 60.7 Å². The van der Waals surface area contributed by atoms with E-state index < -0.39 is 5.97 Å². The molecule has 0 saturated carbocycles. The highest BCUT2D eigenvalue weighted by atomic mass is 19.1. The van der Waals surface area contributed by atoms with Crippen LogP contribution < -0.4 is 10.1 Å². The number of carboxylic acids is 1. The number of carbonyl (C=O) groups excluding carboxylic acids is 2. The lowest BCUT2D eigenvalue weighted by atomic mass is 9.94. The molecule has 4 aromatic rings. The molecular formula is C35H35FN2O5. The molecule has 0 bridgehead atoms. The Balaban J connectivity index is 1.62. The van der Waals surface area contributed by atoms with Crippen molar-refractivity contribution in [3.63, 3.8) is 0 Å². The average Bonchev–Trinajstić information content (AvgIpc) is 3.01. The van der Waals surface area contributed by atoms with Gasteiger partial charge in [-0.25, -0.2) is 4.39 Å². The number of ether oxygens (including phenoxy) is 1. The maximum absolute atomic E-state index is 14.0. The Labute approximate surface area is 250 Å². The number of hydrogen-bond donors (Lipinski definition) is 2. The van der Waals surface area contributed by atoms with Crippen LogP contribution in [0.3, 0.4) is 0 Å². The van der Waals surface area contributed by atoms with Gasteiger partial charge in [-0.15, -0.1) is 0 Å². The molecule has 4 rings (SSSR count). The summed E-state index contributed by atoms with van der Waals surface area (Å²) in [6.07, 6.45) is 0.269. The number of benzene rings is 4. The Morgan fingerprint density at radius 3 is 2.12 bits per heavy atom. The molecule has 0 saturated heterocycles. The quantitative estimate of drug-likeness (QED) is 0.187. The van der Waals surface area contributed by atoms with Crippen molar-refractivity contribution in [3.8, 4) is 16.9 Å². The van der Waals surface area contributed by atoms with Gasteiger partial charge in [0.1, 0.15) is 11.6 Å². The molecule has 0 heterocycles. The van der Waals surface area contributed by atoms with Crippen LogP contribution in [0.15, 0.2) is 97.1 Å². The van der Waals surface area contributed by atoms with Crippen molar-refractivity contribution < 1.29 is 28.6 Å². The molecule has 0 spiro atoms. The summed E-state index contributed by atoms with van der Waals surface area (Å²) in [5.74, 6) is -1.31. The van der Waals surface area contributed by atoms with Crippen LogP contribution in [-0.4, -0.2) is 47.5 Å². The lowest BCUT2D eigenvalue weighted by molar-refractivity contribution is -0.137. The van der Waals surface area contributed by atoms with Crippen LogP contribution in [0.25, 0.3) is 11.1 Å². The Bertz CT molecular complexity index is 1570. The van der Waals surface area contributed by atoms with Crippen molar-refractivity contribution >= 4 is 17.8 Å². The monoisotopic (exact) mass is 582 g/mol. The molecular weight excluding hydrogens is 547 g/mol. The van der Waals surface area contributed by atoms with Gasteiger partial charge in [0.2, 0.25) is 0 Å². The maximum atomic E-state index is 14.0. The standard InChI is InChI=1S/C35H35FN2O5/c1-3-43-32-15-9-4-10-26(32)20-22-38(23-21-33(39)40)35(42)31-14-8-6-12-29(31)28-11-5-7-13-30(28)34(41)37-24(2)25-16-18-27(36)19-17-25/h4-19,24H,3,20-23H2,1-2H3,(H,37,41)(H,39,40). The van der Waals surface area contributed by atoms with Gasteiger partial charge in [-0.05, 0) is 72.9 Å². The first-order valence-electron chi connectivity index (χ1n) is 14.2. The van der Waals surface area contributed by atoms with Crippen molar-refractivity contribution in [1.82, 2.24) is 10.2 Å². The second-order valence-electron chi connectivity index (χ2n) is 10.1. The number of amides is 2. The number of rotatable bonds is 13. The zero-order valence-corrected chi connectivity index (χ0v) is 24.3. The number of hydrogen-bond acceptors (Lipinski definition) is 4. The van der Waals surface area contributed by atoms with Crippen molar-refractivity contribution in [3.05, 3.63) is 125 Å². The van der Waals surface area contributed by atoms with Gasteiger partial charge in [0.15, 0.2) is 0 Å². The molecule has 2 amide bonds. The number of carbonyl (C=O) groups is 3. The fraction of sp³-hybridized carbons (Fsp3) is 0.229. The average molecular weight is 583 g/mol. The first-order chi connectivity index (χ1) is 20.8. The Hall–Kier alpha value is -4.98. The minimum Gasteiger partial charge on any atom is -0.494 e. The number of aliphatic carboxylic acids is 1. The van der Waals surface area contributed by atoms with Crippen LogP contribution in [0, 0.1) is 5.82 Å². The summed E-state index contributed by atoms with van der Waals surface area (Å²) in [4.78, 5) is 40.5. The molecule has 8 heteroatoms. The van der Waals surface area contributed by atoms with Gasteiger partial charge in [-0.1, -0.05) is 66.7 Å². The topological polar surface area (TPSA) is 95.9 Å².